The molecule has 14 heavy (non-hydrogen) atoms. The lowest BCUT2D eigenvalue weighted by Gasteiger charge is -2.46. The summed E-state index contributed by atoms with van der Waals surface area (Å²) >= 11 is 6.29. The van der Waals surface area contributed by atoms with Crippen LogP contribution in [0.15, 0.2) is 0 Å². The summed E-state index contributed by atoms with van der Waals surface area (Å²) in [6.07, 6.45) is 2.94. The van der Waals surface area contributed by atoms with Crippen molar-refractivity contribution in [2.75, 3.05) is 13.7 Å². The molecule has 5 heteroatoms. The van der Waals surface area contributed by atoms with Crippen molar-refractivity contribution < 1.29 is 9.53 Å². The Morgan fingerprint density at radius 2 is 2.29 bits per heavy atom. The van der Waals surface area contributed by atoms with Crippen molar-refractivity contribution >= 4 is 34.6 Å². The Hall–Kier alpha value is 0.200. The van der Waals surface area contributed by atoms with E-state index < -0.39 is 4.87 Å². The summed E-state index contributed by atoms with van der Waals surface area (Å²) in [7, 11) is 1.40. The van der Waals surface area contributed by atoms with Gasteiger partial charge in [0.25, 0.3) is 0 Å². The first kappa shape index (κ1) is 12.3. The van der Waals surface area contributed by atoms with E-state index in [0.717, 1.165) is 19.4 Å². The zero-order chi connectivity index (χ0) is 9.47. The number of halogens is 2. The molecule has 2 saturated heterocycles. The molecule has 3 rings (SSSR count). The number of fused-ring (bicyclic) bond motifs is 3. The fourth-order valence-corrected chi connectivity index (χ4v) is 2.92. The van der Waals surface area contributed by atoms with Gasteiger partial charge < -0.3 is 10.1 Å². The molecule has 0 amide bonds. The molecule has 1 aliphatic carbocycles. The highest BCUT2D eigenvalue weighted by molar-refractivity contribution is 8.93. The number of hydrogen-bond donors (Lipinski definition) is 1. The number of esters is 1. The van der Waals surface area contributed by atoms with Gasteiger partial charge in [0, 0.05) is 6.04 Å². The molecule has 2 aliphatic heterocycles. The molecule has 0 aromatic heterocycles. The van der Waals surface area contributed by atoms with E-state index in [1.807, 2.05) is 0 Å². The summed E-state index contributed by atoms with van der Waals surface area (Å²) in [4.78, 5) is 10.7. The van der Waals surface area contributed by atoms with Gasteiger partial charge in [-0.3, -0.25) is 4.79 Å². The number of carbonyl (C=O) groups excluding carboxylic acids is 1. The van der Waals surface area contributed by atoms with Crippen LogP contribution in [0.4, 0.5) is 0 Å². The zero-order valence-electron chi connectivity index (χ0n) is 8.09. The molecule has 1 saturated carbocycles. The first-order valence-corrected chi connectivity index (χ1v) is 5.05. The molecular formula is C9H15BrClNO2. The molecule has 82 valence electrons. The van der Waals surface area contributed by atoms with Gasteiger partial charge >= 0.3 is 5.97 Å². The van der Waals surface area contributed by atoms with Crippen molar-refractivity contribution in [3.63, 3.8) is 0 Å². The fraction of sp³-hybridized carbons (Fsp3) is 0.889. The highest BCUT2D eigenvalue weighted by Gasteiger charge is 2.52. The van der Waals surface area contributed by atoms with Crippen molar-refractivity contribution in [3.8, 4) is 0 Å². The number of ether oxygens (including phenoxy) is 1. The minimum Gasteiger partial charge on any atom is -0.468 e. The third-order valence-electron chi connectivity index (χ3n) is 3.18. The monoisotopic (exact) mass is 283 g/mol. The van der Waals surface area contributed by atoms with Gasteiger partial charge in [-0.05, 0) is 31.7 Å². The number of methoxy groups -OCH3 is 1. The Labute approximate surface area is 99.3 Å². The van der Waals surface area contributed by atoms with E-state index >= 15 is 0 Å². The smallest absolute Gasteiger partial charge is 0.328 e. The van der Waals surface area contributed by atoms with Gasteiger partial charge in [-0.25, -0.2) is 0 Å². The van der Waals surface area contributed by atoms with Crippen LogP contribution in [0.2, 0.25) is 0 Å². The predicted molar refractivity (Wildman–Crippen MR) is 60.1 cm³/mol. The summed E-state index contributed by atoms with van der Waals surface area (Å²) in [6, 6.07) is 0.103. The van der Waals surface area contributed by atoms with Gasteiger partial charge in [0.2, 0.25) is 0 Å². The molecule has 3 nitrogen and oxygen atoms in total. The lowest BCUT2D eigenvalue weighted by molar-refractivity contribution is -0.147. The Kier molecular flexibility index (Phi) is 3.83. The molecule has 0 aromatic carbocycles. The SMILES string of the molecule is Br.COC(=O)C1(Cl)CC2CCC1NC2. The Bertz CT molecular complexity index is 231. The lowest BCUT2D eigenvalue weighted by Crippen LogP contribution is -2.62. The van der Waals surface area contributed by atoms with E-state index in [-0.39, 0.29) is 29.0 Å². The van der Waals surface area contributed by atoms with Gasteiger partial charge in [0.15, 0.2) is 4.87 Å². The summed E-state index contributed by atoms with van der Waals surface area (Å²) < 4.78 is 4.73. The second-order valence-corrected chi connectivity index (χ2v) is 4.64. The zero-order valence-corrected chi connectivity index (χ0v) is 10.6. The highest BCUT2D eigenvalue weighted by Crippen LogP contribution is 2.41. The summed E-state index contributed by atoms with van der Waals surface area (Å²) in [5.74, 6) is 0.262. The molecule has 0 radical (unpaired) electrons. The van der Waals surface area contributed by atoms with Crippen molar-refractivity contribution in [1.29, 1.82) is 0 Å². The molecular weight excluding hydrogens is 269 g/mol. The average Bonchev–Trinajstić information content (AvgIpc) is 2.18. The quantitative estimate of drug-likeness (QED) is 0.586. The largest absolute Gasteiger partial charge is 0.468 e. The third-order valence-corrected chi connectivity index (χ3v) is 3.75. The van der Waals surface area contributed by atoms with Crippen LogP contribution in [0.3, 0.4) is 0 Å². The molecule has 2 bridgehead atoms. The molecule has 3 atom stereocenters. The van der Waals surface area contributed by atoms with Crippen molar-refractivity contribution in [1.82, 2.24) is 5.32 Å². The maximum atomic E-state index is 11.5. The number of alkyl halides is 1. The Balaban J connectivity index is 0.000000980. The standard InChI is InChI=1S/C9H14ClNO2.BrH/c1-13-8(12)9(10)4-6-2-3-7(9)11-5-6;/h6-7,11H,2-5H2,1H3;1H. The summed E-state index contributed by atoms with van der Waals surface area (Å²) in [6.45, 7) is 0.996. The fourth-order valence-electron chi connectivity index (χ4n) is 2.44. The molecule has 0 aromatic rings. The Morgan fingerprint density at radius 1 is 1.57 bits per heavy atom. The molecule has 1 N–H and O–H groups in total. The van der Waals surface area contributed by atoms with E-state index in [0.29, 0.717) is 5.92 Å². The first-order valence-electron chi connectivity index (χ1n) is 4.67. The van der Waals surface area contributed by atoms with Gasteiger partial charge in [-0.1, -0.05) is 0 Å². The van der Waals surface area contributed by atoms with Crippen LogP contribution in [-0.4, -0.2) is 30.5 Å². The molecule has 3 aliphatic rings. The van der Waals surface area contributed by atoms with E-state index in [1.54, 1.807) is 0 Å². The molecule has 3 fully saturated rings. The van der Waals surface area contributed by atoms with Gasteiger partial charge in [0.1, 0.15) is 0 Å². The number of carbonyl (C=O) groups is 1. The van der Waals surface area contributed by atoms with Gasteiger partial charge in [-0.2, -0.15) is 0 Å². The third kappa shape index (κ3) is 1.79. The lowest BCUT2D eigenvalue weighted by atomic mass is 9.73. The summed E-state index contributed by atoms with van der Waals surface area (Å²) in [5.41, 5.74) is 0. The highest BCUT2D eigenvalue weighted by atomic mass is 79.9. The minimum absolute atomic E-state index is 0. The Morgan fingerprint density at radius 3 is 2.64 bits per heavy atom. The number of hydrogen-bond acceptors (Lipinski definition) is 3. The van der Waals surface area contributed by atoms with E-state index in [4.69, 9.17) is 16.3 Å². The van der Waals surface area contributed by atoms with Crippen molar-refractivity contribution in [3.05, 3.63) is 0 Å². The van der Waals surface area contributed by atoms with E-state index in [2.05, 4.69) is 5.32 Å². The van der Waals surface area contributed by atoms with Gasteiger partial charge in [-0.15, -0.1) is 28.6 Å². The second-order valence-electron chi connectivity index (χ2n) is 3.96. The molecule has 0 spiro atoms. The number of rotatable bonds is 1. The minimum atomic E-state index is -0.796. The maximum Gasteiger partial charge on any atom is 0.328 e. The number of nitrogens with one attached hydrogen (secondary N) is 1. The van der Waals surface area contributed by atoms with E-state index in [9.17, 15) is 4.79 Å². The van der Waals surface area contributed by atoms with Crippen LogP contribution >= 0.6 is 28.6 Å². The number of piperidine rings is 2. The van der Waals surface area contributed by atoms with Crippen LogP contribution in [0.1, 0.15) is 19.3 Å². The molecule has 3 unspecified atom stereocenters. The first-order chi connectivity index (χ1) is 6.16. The average molecular weight is 285 g/mol. The van der Waals surface area contributed by atoms with Crippen LogP contribution in [-0.2, 0) is 9.53 Å². The van der Waals surface area contributed by atoms with Crippen LogP contribution in [0, 0.1) is 5.92 Å². The van der Waals surface area contributed by atoms with Crippen LogP contribution < -0.4 is 5.32 Å². The van der Waals surface area contributed by atoms with Crippen LogP contribution in [0.25, 0.3) is 0 Å². The van der Waals surface area contributed by atoms with E-state index in [1.165, 1.54) is 13.5 Å². The normalized spacial score (nSPS) is 40.1. The second kappa shape index (κ2) is 4.37. The predicted octanol–water partition coefficient (Wildman–Crippen LogP) is 1.49. The molecule has 2 heterocycles. The summed E-state index contributed by atoms with van der Waals surface area (Å²) in [5, 5.41) is 3.29. The topological polar surface area (TPSA) is 38.3 Å². The maximum absolute atomic E-state index is 11.5. The van der Waals surface area contributed by atoms with Crippen LogP contribution in [0.5, 0.6) is 0 Å². The van der Waals surface area contributed by atoms with Crippen molar-refractivity contribution in [2.45, 2.75) is 30.2 Å². The van der Waals surface area contributed by atoms with Crippen molar-refractivity contribution in [2.24, 2.45) is 5.92 Å². The van der Waals surface area contributed by atoms with Gasteiger partial charge in [0.05, 0.1) is 7.11 Å².